The lowest BCUT2D eigenvalue weighted by Crippen LogP contribution is -2.45. The molecule has 2 aromatic carbocycles. The van der Waals surface area contributed by atoms with Gasteiger partial charge in [0.25, 0.3) is 5.91 Å². The summed E-state index contributed by atoms with van der Waals surface area (Å²) < 4.78 is 6.31. The Morgan fingerprint density at radius 1 is 1.10 bits per heavy atom. The van der Waals surface area contributed by atoms with Gasteiger partial charge in [-0.25, -0.2) is 0 Å². The van der Waals surface area contributed by atoms with Gasteiger partial charge in [0.1, 0.15) is 11.9 Å². The topological polar surface area (TPSA) is 100 Å². The molecule has 206 valence electrons. The zero-order valence-corrected chi connectivity index (χ0v) is 22.9. The van der Waals surface area contributed by atoms with Crippen molar-refractivity contribution in [1.82, 2.24) is 25.4 Å². The summed E-state index contributed by atoms with van der Waals surface area (Å²) in [5.74, 6) is 1.09. The molecule has 8 heteroatoms. The normalized spacial score (nSPS) is 21.0. The van der Waals surface area contributed by atoms with E-state index in [0.717, 1.165) is 72.1 Å². The van der Waals surface area contributed by atoms with Crippen LogP contribution in [0.15, 0.2) is 66.9 Å². The van der Waals surface area contributed by atoms with Gasteiger partial charge in [-0.15, -0.1) is 0 Å². The number of ether oxygens (including phenoxy) is 1. The lowest BCUT2D eigenvalue weighted by atomic mass is 9.99. The van der Waals surface area contributed by atoms with Gasteiger partial charge >= 0.3 is 0 Å². The highest BCUT2D eigenvalue weighted by molar-refractivity contribution is 6.01. The summed E-state index contributed by atoms with van der Waals surface area (Å²) in [7, 11) is 0. The van der Waals surface area contributed by atoms with E-state index in [1.54, 1.807) is 6.20 Å². The van der Waals surface area contributed by atoms with Gasteiger partial charge in [0, 0.05) is 47.6 Å². The SMILES string of the molecule is CC(C)CC(NC(=O)c1ccc2[nH]nc(-c3ccc(OC4C[C@H]5CC[C@@H](C4)N5C=O)cc3)c2c1)c1ccccn1. The molecule has 4 atom stereocenters. The third kappa shape index (κ3) is 5.30. The number of hydrogen-bond donors (Lipinski definition) is 2. The third-order valence-corrected chi connectivity index (χ3v) is 8.18. The Kier molecular flexibility index (Phi) is 7.24. The number of aromatic amines is 1. The molecule has 2 saturated heterocycles. The van der Waals surface area contributed by atoms with Crippen LogP contribution < -0.4 is 10.1 Å². The van der Waals surface area contributed by atoms with E-state index >= 15 is 0 Å². The molecule has 2 aromatic heterocycles. The van der Waals surface area contributed by atoms with Crippen LogP contribution in [-0.4, -0.2) is 50.6 Å². The molecule has 2 fully saturated rings. The van der Waals surface area contributed by atoms with E-state index in [2.05, 4.69) is 34.3 Å². The van der Waals surface area contributed by atoms with Gasteiger partial charge in [-0.2, -0.15) is 5.10 Å². The summed E-state index contributed by atoms with van der Waals surface area (Å²) in [6.45, 7) is 4.28. The number of nitrogens with zero attached hydrogens (tertiary/aromatic N) is 3. The van der Waals surface area contributed by atoms with Gasteiger partial charge < -0.3 is 15.0 Å². The highest BCUT2D eigenvalue weighted by atomic mass is 16.5. The average molecular weight is 538 g/mol. The molecule has 2 aliphatic heterocycles. The monoisotopic (exact) mass is 537 g/mol. The zero-order valence-electron chi connectivity index (χ0n) is 22.9. The lowest BCUT2D eigenvalue weighted by molar-refractivity contribution is -0.123. The van der Waals surface area contributed by atoms with Gasteiger partial charge in [-0.1, -0.05) is 19.9 Å². The van der Waals surface area contributed by atoms with Gasteiger partial charge in [0.05, 0.1) is 22.9 Å². The fourth-order valence-corrected chi connectivity index (χ4v) is 6.24. The summed E-state index contributed by atoms with van der Waals surface area (Å²) in [4.78, 5) is 31.2. The van der Waals surface area contributed by atoms with Crippen LogP contribution in [0.4, 0.5) is 0 Å². The van der Waals surface area contributed by atoms with Crippen LogP contribution in [0.25, 0.3) is 22.2 Å². The molecule has 2 aliphatic rings. The fourth-order valence-electron chi connectivity index (χ4n) is 6.24. The number of carbonyl (C=O) groups excluding carboxylic acids is 2. The van der Waals surface area contributed by atoms with Gasteiger partial charge in [0.2, 0.25) is 6.41 Å². The molecule has 6 rings (SSSR count). The van der Waals surface area contributed by atoms with Crippen LogP contribution in [-0.2, 0) is 4.79 Å². The number of fused-ring (bicyclic) bond motifs is 3. The molecular weight excluding hydrogens is 502 g/mol. The molecule has 2 unspecified atom stereocenters. The molecule has 4 aromatic rings. The Labute approximate surface area is 234 Å². The quantitative estimate of drug-likeness (QED) is 0.268. The van der Waals surface area contributed by atoms with Crippen molar-refractivity contribution in [2.45, 2.75) is 70.2 Å². The van der Waals surface area contributed by atoms with Crippen molar-refractivity contribution in [3.8, 4) is 17.0 Å². The summed E-state index contributed by atoms with van der Waals surface area (Å²) >= 11 is 0. The number of rotatable bonds is 9. The third-order valence-electron chi connectivity index (χ3n) is 8.18. The maximum absolute atomic E-state index is 13.3. The van der Waals surface area contributed by atoms with E-state index in [9.17, 15) is 9.59 Å². The highest BCUT2D eigenvalue weighted by Crippen LogP contribution is 2.36. The Bertz CT molecular complexity index is 1470. The number of carbonyl (C=O) groups is 2. The maximum Gasteiger partial charge on any atom is 0.251 e. The number of aromatic nitrogens is 3. The van der Waals surface area contributed by atoms with E-state index in [1.165, 1.54) is 0 Å². The first kappa shape index (κ1) is 26.0. The first-order valence-electron chi connectivity index (χ1n) is 14.2. The second kappa shape index (κ2) is 11.1. The first-order valence-corrected chi connectivity index (χ1v) is 14.2. The summed E-state index contributed by atoms with van der Waals surface area (Å²) in [6.07, 6.45) is 7.57. The molecule has 0 aliphatic carbocycles. The molecule has 40 heavy (non-hydrogen) atoms. The standard InChI is InChI=1S/C32H35N5O3/c1-20(2)15-30(29-5-3-4-14-33-29)34-32(39)22-8-13-28-27(16-22)31(36-35-28)21-6-11-25(12-7-21)40-26-17-23-9-10-24(18-26)37(23)19-38/h3-8,11-14,16,19-20,23-24,26,30H,9-10,15,17-18H2,1-2H3,(H,34,39)(H,35,36)/t23-,24+,26?,30?. The molecule has 4 heterocycles. The van der Waals surface area contributed by atoms with E-state index in [-0.39, 0.29) is 18.1 Å². The number of piperidine rings is 1. The van der Waals surface area contributed by atoms with Crippen LogP contribution in [0.1, 0.15) is 68.0 Å². The molecular formula is C32H35N5O3. The predicted molar refractivity (Wildman–Crippen MR) is 154 cm³/mol. The minimum atomic E-state index is -0.165. The molecule has 0 saturated carbocycles. The number of nitrogens with one attached hydrogen (secondary N) is 2. The number of amides is 2. The molecule has 2 N–H and O–H groups in total. The number of hydrogen-bond acceptors (Lipinski definition) is 5. The minimum Gasteiger partial charge on any atom is -0.490 e. The smallest absolute Gasteiger partial charge is 0.251 e. The van der Waals surface area contributed by atoms with Crippen molar-refractivity contribution in [1.29, 1.82) is 0 Å². The van der Waals surface area contributed by atoms with Crippen LogP contribution in [0, 0.1) is 5.92 Å². The van der Waals surface area contributed by atoms with Crippen molar-refractivity contribution in [2.75, 3.05) is 0 Å². The second-order valence-electron chi connectivity index (χ2n) is 11.4. The van der Waals surface area contributed by atoms with Crippen molar-refractivity contribution in [2.24, 2.45) is 5.92 Å². The lowest BCUT2D eigenvalue weighted by Gasteiger charge is -2.36. The number of H-pyrrole nitrogens is 1. The van der Waals surface area contributed by atoms with Crippen LogP contribution in [0.2, 0.25) is 0 Å². The van der Waals surface area contributed by atoms with Crippen molar-refractivity contribution < 1.29 is 14.3 Å². The minimum absolute atomic E-state index is 0.123. The fraction of sp³-hybridized carbons (Fsp3) is 0.375. The van der Waals surface area contributed by atoms with Crippen LogP contribution in [0.3, 0.4) is 0 Å². The van der Waals surface area contributed by atoms with Gasteiger partial charge in [-0.3, -0.25) is 19.7 Å². The first-order chi connectivity index (χ1) is 19.5. The second-order valence-corrected chi connectivity index (χ2v) is 11.4. The number of benzene rings is 2. The summed E-state index contributed by atoms with van der Waals surface area (Å²) in [6, 6.07) is 19.8. The van der Waals surface area contributed by atoms with E-state index in [4.69, 9.17) is 4.74 Å². The Morgan fingerprint density at radius 3 is 2.55 bits per heavy atom. The van der Waals surface area contributed by atoms with E-state index in [1.807, 2.05) is 65.6 Å². The molecule has 0 spiro atoms. The maximum atomic E-state index is 13.3. The molecule has 0 radical (unpaired) electrons. The van der Waals surface area contributed by atoms with E-state index < -0.39 is 0 Å². The van der Waals surface area contributed by atoms with Crippen molar-refractivity contribution in [3.63, 3.8) is 0 Å². The van der Waals surface area contributed by atoms with Gasteiger partial charge in [0.15, 0.2) is 0 Å². The Morgan fingerprint density at radius 2 is 1.88 bits per heavy atom. The average Bonchev–Trinajstić information content (AvgIpc) is 3.50. The Balaban J connectivity index is 1.18. The van der Waals surface area contributed by atoms with Crippen LogP contribution in [0.5, 0.6) is 5.75 Å². The van der Waals surface area contributed by atoms with Crippen molar-refractivity contribution in [3.05, 3.63) is 78.1 Å². The van der Waals surface area contributed by atoms with Crippen LogP contribution >= 0.6 is 0 Å². The zero-order chi connectivity index (χ0) is 27.6. The van der Waals surface area contributed by atoms with Crippen molar-refractivity contribution >= 4 is 23.2 Å². The molecule has 2 bridgehead atoms. The van der Waals surface area contributed by atoms with Gasteiger partial charge in [-0.05, 0) is 79.8 Å². The largest absolute Gasteiger partial charge is 0.490 e. The predicted octanol–water partition coefficient (Wildman–Crippen LogP) is 5.67. The highest BCUT2D eigenvalue weighted by Gasteiger charge is 2.40. The number of pyridine rings is 1. The molecule has 2 amide bonds. The van der Waals surface area contributed by atoms with E-state index in [0.29, 0.717) is 23.6 Å². The summed E-state index contributed by atoms with van der Waals surface area (Å²) in [5.41, 5.74) is 4.04. The molecule has 8 nitrogen and oxygen atoms in total. The Hall–Kier alpha value is -4.20. The summed E-state index contributed by atoms with van der Waals surface area (Å²) in [5, 5.41) is 11.7.